The molecule has 0 aliphatic carbocycles. The molecule has 2 N–H and O–H groups in total. The highest BCUT2D eigenvalue weighted by Gasteiger charge is 2.29. The second kappa shape index (κ2) is 7.09. The molecule has 1 heterocycles. The van der Waals surface area contributed by atoms with E-state index in [0.717, 1.165) is 25.9 Å². The highest BCUT2D eigenvalue weighted by atomic mass is 35.5. The molecule has 0 aromatic carbocycles. The Hall–Kier alpha value is -0.320. The van der Waals surface area contributed by atoms with Crippen LogP contribution in [-0.4, -0.2) is 38.3 Å². The fourth-order valence-electron chi connectivity index (χ4n) is 1.85. The normalized spacial score (nSPS) is 20.7. The molecule has 1 rings (SSSR count). The molecule has 16 heavy (non-hydrogen) atoms. The molecule has 0 spiro atoms. The van der Waals surface area contributed by atoms with Crippen molar-refractivity contribution >= 4 is 18.3 Å². The van der Waals surface area contributed by atoms with Crippen molar-refractivity contribution in [2.75, 3.05) is 26.8 Å². The molecule has 0 aromatic heterocycles. The third kappa shape index (κ3) is 4.68. The van der Waals surface area contributed by atoms with Gasteiger partial charge >= 0.3 is 0 Å². The maximum atomic E-state index is 11.8. The molecule has 5 heteroatoms. The van der Waals surface area contributed by atoms with Crippen molar-refractivity contribution < 1.29 is 9.53 Å². The number of nitrogens with one attached hydrogen (secondary N) is 2. The molecule has 0 radical (unpaired) electrons. The van der Waals surface area contributed by atoms with Gasteiger partial charge in [0.15, 0.2) is 0 Å². The number of methoxy groups -OCH3 is 1. The lowest BCUT2D eigenvalue weighted by Gasteiger charge is -2.35. The Kier molecular flexibility index (Phi) is 6.95. The Bertz CT molecular complexity index is 218. The van der Waals surface area contributed by atoms with E-state index in [4.69, 9.17) is 4.74 Å². The number of amides is 1. The van der Waals surface area contributed by atoms with Gasteiger partial charge in [0.1, 0.15) is 0 Å². The molecule has 0 aromatic rings. The molecule has 0 saturated carbocycles. The van der Waals surface area contributed by atoms with E-state index in [1.807, 2.05) is 6.92 Å². The van der Waals surface area contributed by atoms with E-state index in [2.05, 4.69) is 17.6 Å². The second-order valence-electron chi connectivity index (χ2n) is 4.66. The summed E-state index contributed by atoms with van der Waals surface area (Å²) >= 11 is 0. The first kappa shape index (κ1) is 15.7. The summed E-state index contributed by atoms with van der Waals surface area (Å²) in [6.45, 7) is 6.46. The van der Waals surface area contributed by atoms with E-state index in [1.54, 1.807) is 7.11 Å². The molecule has 1 aliphatic rings. The molecule has 1 fully saturated rings. The summed E-state index contributed by atoms with van der Waals surface area (Å²) < 4.78 is 4.97. The van der Waals surface area contributed by atoms with Gasteiger partial charge in [-0.1, -0.05) is 6.92 Å². The third-order valence-electron chi connectivity index (χ3n) is 3.00. The summed E-state index contributed by atoms with van der Waals surface area (Å²) in [5.74, 6) is 0.0305. The lowest BCUT2D eigenvalue weighted by molar-refractivity contribution is -0.128. The van der Waals surface area contributed by atoms with Crippen LogP contribution in [0.25, 0.3) is 0 Å². The molecule has 1 atom stereocenters. The van der Waals surface area contributed by atoms with Gasteiger partial charge in [-0.3, -0.25) is 4.79 Å². The first-order valence-corrected chi connectivity index (χ1v) is 5.59. The minimum Gasteiger partial charge on any atom is -0.384 e. The summed E-state index contributed by atoms with van der Waals surface area (Å²) in [6.07, 6.45) is 2.00. The molecule has 1 aliphatic heterocycles. The number of rotatable bonds is 4. The molecular weight excluding hydrogens is 228 g/mol. The average Bonchev–Trinajstić information content (AvgIpc) is 2.18. The highest BCUT2D eigenvalue weighted by Crippen LogP contribution is 2.17. The van der Waals surface area contributed by atoms with Crippen LogP contribution < -0.4 is 10.6 Å². The largest absolute Gasteiger partial charge is 0.384 e. The summed E-state index contributed by atoms with van der Waals surface area (Å²) in [4.78, 5) is 11.8. The summed E-state index contributed by atoms with van der Waals surface area (Å²) in [5, 5.41) is 6.41. The zero-order valence-electron chi connectivity index (χ0n) is 10.3. The standard InChI is InChI=1S/C11H22N2O2.ClH/c1-9(8-15-3)10(14)13-11(2)4-6-12-7-5-11;/h9,12H,4-8H2,1-3H3,(H,13,14);1H. The molecule has 4 nitrogen and oxygen atoms in total. The Balaban J connectivity index is 0.00000225. The number of piperidine rings is 1. The van der Waals surface area contributed by atoms with Crippen LogP contribution in [-0.2, 0) is 9.53 Å². The van der Waals surface area contributed by atoms with Gasteiger partial charge in [-0.05, 0) is 32.9 Å². The van der Waals surface area contributed by atoms with Crippen LogP contribution in [0.3, 0.4) is 0 Å². The number of ether oxygens (including phenoxy) is 1. The van der Waals surface area contributed by atoms with Crippen LogP contribution in [0.15, 0.2) is 0 Å². The van der Waals surface area contributed by atoms with Gasteiger partial charge in [0.2, 0.25) is 5.91 Å². The van der Waals surface area contributed by atoms with E-state index in [0.29, 0.717) is 6.61 Å². The predicted octanol–water partition coefficient (Wildman–Crippen LogP) is 0.949. The highest BCUT2D eigenvalue weighted by molar-refractivity contribution is 5.85. The molecule has 1 amide bonds. The van der Waals surface area contributed by atoms with Crippen molar-refractivity contribution in [3.8, 4) is 0 Å². The van der Waals surface area contributed by atoms with E-state index in [1.165, 1.54) is 0 Å². The van der Waals surface area contributed by atoms with E-state index >= 15 is 0 Å². The maximum absolute atomic E-state index is 11.8. The minimum absolute atomic E-state index is 0. The average molecular weight is 251 g/mol. The molecule has 1 saturated heterocycles. The Morgan fingerprint density at radius 2 is 2.06 bits per heavy atom. The van der Waals surface area contributed by atoms with Crippen molar-refractivity contribution in [3.05, 3.63) is 0 Å². The SMILES string of the molecule is COCC(C)C(=O)NC1(C)CCNCC1.Cl. The van der Waals surface area contributed by atoms with E-state index in [-0.39, 0.29) is 29.8 Å². The summed E-state index contributed by atoms with van der Waals surface area (Å²) in [6, 6.07) is 0. The van der Waals surface area contributed by atoms with Gasteiger partial charge in [-0.15, -0.1) is 12.4 Å². The van der Waals surface area contributed by atoms with Crippen molar-refractivity contribution in [3.63, 3.8) is 0 Å². The number of hydrogen-bond donors (Lipinski definition) is 2. The van der Waals surface area contributed by atoms with Crippen LogP contribution in [0.5, 0.6) is 0 Å². The van der Waals surface area contributed by atoms with Crippen LogP contribution >= 0.6 is 12.4 Å². The van der Waals surface area contributed by atoms with Crippen molar-refractivity contribution in [2.24, 2.45) is 5.92 Å². The van der Waals surface area contributed by atoms with Crippen molar-refractivity contribution in [2.45, 2.75) is 32.2 Å². The molecule has 1 unspecified atom stereocenters. The first-order chi connectivity index (χ1) is 7.07. The first-order valence-electron chi connectivity index (χ1n) is 5.59. The van der Waals surface area contributed by atoms with Gasteiger partial charge in [0.05, 0.1) is 12.5 Å². The fourth-order valence-corrected chi connectivity index (χ4v) is 1.85. The van der Waals surface area contributed by atoms with Crippen LogP contribution in [0, 0.1) is 5.92 Å². The summed E-state index contributed by atoms with van der Waals surface area (Å²) in [5.41, 5.74) is -0.0374. The van der Waals surface area contributed by atoms with Crippen molar-refractivity contribution in [1.82, 2.24) is 10.6 Å². The maximum Gasteiger partial charge on any atom is 0.225 e. The predicted molar refractivity (Wildman–Crippen MR) is 66.9 cm³/mol. The molecular formula is C11H23ClN2O2. The third-order valence-corrected chi connectivity index (χ3v) is 3.00. The van der Waals surface area contributed by atoms with Crippen molar-refractivity contribution in [1.29, 1.82) is 0 Å². The van der Waals surface area contributed by atoms with E-state index < -0.39 is 0 Å². The van der Waals surface area contributed by atoms with Gasteiger partial charge < -0.3 is 15.4 Å². The molecule has 0 bridgehead atoms. The number of carbonyl (C=O) groups is 1. The summed E-state index contributed by atoms with van der Waals surface area (Å²) in [7, 11) is 1.62. The monoisotopic (exact) mass is 250 g/mol. The zero-order chi connectivity index (χ0) is 11.3. The van der Waals surface area contributed by atoms with Crippen LogP contribution in [0.4, 0.5) is 0 Å². The van der Waals surface area contributed by atoms with Crippen LogP contribution in [0.1, 0.15) is 26.7 Å². The van der Waals surface area contributed by atoms with Gasteiger partial charge in [0, 0.05) is 12.6 Å². The fraction of sp³-hybridized carbons (Fsp3) is 0.909. The van der Waals surface area contributed by atoms with Crippen LogP contribution in [0.2, 0.25) is 0 Å². The Morgan fingerprint density at radius 3 is 2.56 bits per heavy atom. The van der Waals surface area contributed by atoms with Gasteiger partial charge in [-0.25, -0.2) is 0 Å². The number of halogens is 1. The van der Waals surface area contributed by atoms with Gasteiger partial charge in [0.25, 0.3) is 0 Å². The number of carbonyl (C=O) groups excluding carboxylic acids is 1. The second-order valence-corrected chi connectivity index (χ2v) is 4.66. The smallest absolute Gasteiger partial charge is 0.225 e. The topological polar surface area (TPSA) is 50.4 Å². The van der Waals surface area contributed by atoms with Gasteiger partial charge in [-0.2, -0.15) is 0 Å². The quantitative estimate of drug-likeness (QED) is 0.781. The molecule has 96 valence electrons. The lowest BCUT2D eigenvalue weighted by Crippen LogP contribution is -2.53. The Labute approximate surface area is 104 Å². The minimum atomic E-state index is -0.0679. The number of hydrogen-bond acceptors (Lipinski definition) is 3. The lowest BCUT2D eigenvalue weighted by atomic mass is 9.90. The Morgan fingerprint density at radius 1 is 1.50 bits per heavy atom. The zero-order valence-corrected chi connectivity index (χ0v) is 11.2. The van der Waals surface area contributed by atoms with E-state index in [9.17, 15) is 4.79 Å².